The van der Waals surface area contributed by atoms with Gasteiger partial charge in [0.25, 0.3) is 0 Å². The van der Waals surface area contributed by atoms with Crippen molar-refractivity contribution in [3.8, 4) is 5.75 Å². The molecule has 0 unspecified atom stereocenters. The highest BCUT2D eigenvalue weighted by molar-refractivity contribution is 6.00. The second kappa shape index (κ2) is 8.82. The molecule has 0 spiro atoms. The lowest BCUT2D eigenvalue weighted by Gasteiger charge is -2.21. The number of amides is 2. The summed E-state index contributed by atoms with van der Waals surface area (Å²) in [5.41, 5.74) is 2.54. The number of nitrogens with zero attached hydrogens (tertiary/aromatic N) is 1. The zero-order chi connectivity index (χ0) is 17.4. The van der Waals surface area contributed by atoms with Gasteiger partial charge in [0.05, 0.1) is 12.3 Å². The number of nitrogens with one attached hydrogen (secondary N) is 2. The molecule has 0 aliphatic rings. The maximum Gasteiger partial charge on any atom is 0.323 e. The van der Waals surface area contributed by atoms with Crippen molar-refractivity contribution in [1.82, 2.24) is 0 Å². The predicted molar refractivity (Wildman–Crippen MR) is 100 cm³/mol. The van der Waals surface area contributed by atoms with Crippen LogP contribution in [0.5, 0.6) is 5.75 Å². The van der Waals surface area contributed by atoms with Crippen LogP contribution in [0.2, 0.25) is 0 Å². The van der Waals surface area contributed by atoms with Gasteiger partial charge in [0.1, 0.15) is 5.75 Å². The number of hydrogen-bond acceptors (Lipinski definition) is 3. The van der Waals surface area contributed by atoms with Gasteiger partial charge in [-0.2, -0.15) is 0 Å². The Labute approximate surface area is 143 Å². The minimum atomic E-state index is -0.294. The third-order valence-corrected chi connectivity index (χ3v) is 3.69. The van der Waals surface area contributed by atoms with E-state index in [1.807, 2.05) is 55.5 Å². The second-order valence-electron chi connectivity index (χ2n) is 5.23. The molecule has 2 N–H and O–H groups in total. The molecule has 24 heavy (non-hydrogen) atoms. The van der Waals surface area contributed by atoms with Gasteiger partial charge in [-0.15, -0.1) is 0 Å². The summed E-state index contributed by atoms with van der Waals surface area (Å²) >= 11 is 0. The summed E-state index contributed by atoms with van der Waals surface area (Å²) in [6.45, 7) is 8.62. The molecule has 0 saturated heterocycles. The van der Waals surface area contributed by atoms with E-state index in [0.29, 0.717) is 18.0 Å². The van der Waals surface area contributed by atoms with Crippen molar-refractivity contribution in [2.45, 2.75) is 20.8 Å². The zero-order valence-electron chi connectivity index (χ0n) is 14.5. The smallest absolute Gasteiger partial charge is 0.323 e. The summed E-state index contributed by atoms with van der Waals surface area (Å²) in [5, 5.41) is 5.66. The van der Waals surface area contributed by atoms with Gasteiger partial charge in [-0.1, -0.05) is 12.1 Å². The molecule has 0 bridgehead atoms. The van der Waals surface area contributed by atoms with Gasteiger partial charge in [-0.3, -0.25) is 0 Å². The molecule has 128 valence electrons. The quantitative estimate of drug-likeness (QED) is 0.783. The van der Waals surface area contributed by atoms with Crippen molar-refractivity contribution in [2.24, 2.45) is 0 Å². The van der Waals surface area contributed by atoms with Crippen LogP contribution in [0.4, 0.5) is 21.9 Å². The lowest BCUT2D eigenvalue weighted by molar-refractivity contribution is 0.262. The van der Waals surface area contributed by atoms with Crippen LogP contribution in [0.3, 0.4) is 0 Å². The monoisotopic (exact) mass is 327 g/mol. The first-order valence-corrected chi connectivity index (χ1v) is 8.32. The molecule has 0 aliphatic heterocycles. The minimum Gasteiger partial charge on any atom is -0.492 e. The van der Waals surface area contributed by atoms with Crippen LogP contribution in [0.25, 0.3) is 0 Å². The third-order valence-electron chi connectivity index (χ3n) is 3.69. The average Bonchev–Trinajstić information content (AvgIpc) is 2.59. The van der Waals surface area contributed by atoms with Gasteiger partial charge in [0, 0.05) is 24.5 Å². The highest BCUT2D eigenvalue weighted by atomic mass is 16.5. The van der Waals surface area contributed by atoms with E-state index < -0.39 is 0 Å². The Bertz CT molecular complexity index is 652. The number of para-hydroxylation sites is 2. The van der Waals surface area contributed by atoms with E-state index in [9.17, 15) is 4.79 Å². The first kappa shape index (κ1) is 17.7. The molecule has 0 saturated carbocycles. The standard InChI is InChI=1S/C19H25N3O2/c1-4-22(5-2)16-13-11-15(12-14-16)20-19(23)21-17-9-7-8-10-18(17)24-6-3/h7-14H,4-6H2,1-3H3,(H2,20,21,23). The molecule has 0 atom stereocenters. The Balaban J connectivity index is 2.00. The Kier molecular flexibility index (Phi) is 6.49. The lowest BCUT2D eigenvalue weighted by Crippen LogP contribution is -2.22. The second-order valence-corrected chi connectivity index (χ2v) is 5.23. The molecule has 0 radical (unpaired) electrons. The largest absolute Gasteiger partial charge is 0.492 e. The number of carbonyl (C=O) groups excluding carboxylic acids is 1. The van der Waals surface area contributed by atoms with Gasteiger partial charge < -0.3 is 20.3 Å². The SMILES string of the molecule is CCOc1ccccc1NC(=O)Nc1ccc(N(CC)CC)cc1. The number of urea groups is 1. The van der Waals surface area contributed by atoms with Crippen molar-refractivity contribution in [3.05, 3.63) is 48.5 Å². The highest BCUT2D eigenvalue weighted by Gasteiger charge is 2.08. The van der Waals surface area contributed by atoms with Crippen LogP contribution < -0.4 is 20.3 Å². The first-order valence-electron chi connectivity index (χ1n) is 8.32. The summed E-state index contributed by atoms with van der Waals surface area (Å²) in [4.78, 5) is 14.4. The van der Waals surface area contributed by atoms with Crippen molar-refractivity contribution in [2.75, 3.05) is 35.2 Å². The lowest BCUT2D eigenvalue weighted by atomic mass is 10.2. The molecule has 2 amide bonds. The minimum absolute atomic E-state index is 0.294. The summed E-state index contributed by atoms with van der Waals surface area (Å²) in [6.07, 6.45) is 0. The number of benzene rings is 2. The number of anilines is 3. The van der Waals surface area contributed by atoms with E-state index in [4.69, 9.17) is 4.74 Å². The van der Waals surface area contributed by atoms with E-state index in [1.54, 1.807) is 0 Å². The molecule has 2 rings (SSSR count). The number of rotatable bonds is 7. The first-order chi connectivity index (χ1) is 11.7. The van der Waals surface area contributed by atoms with Gasteiger partial charge in [-0.05, 0) is 57.2 Å². The summed E-state index contributed by atoms with van der Waals surface area (Å²) in [7, 11) is 0. The predicted octanol–water partition coefficient (Wildman–Crippen LogP) is 4.58. The molecule has 0 aromatic heterocycles. The van der Waals surface area contributed by atoms with Crippen LogP contribution in [-0.4, -0.2) is 25.7 Å². The van der Waals surface area contributed by atoms with Gasteiger partial charge in [0.2, 0.25) is 0 Å². The molecular weight excluding hydrogens is 302 g/mol. The summed E-state index contributed by atoms with van der Waals surface area (Å²) in [6, 6.07) is 14.9. The molecule has 0 aliphatic carbocycles. The Morgan fingerprint density at radius 1 is 0.958 bits per heavy atom. The summed E-state index contributed by atoms with van der Waals surface area (Å²) < 4.78 is 5.51. The highest BCUT2D eigenvalue weighted by Crippen LogP contribution is 2.24. The van der Waals surface area contributed by atoms with Crippen LogP contribution in [0.15, 0.2) is 48.5 Å². The van der Waals surface area contributed by atoms with Crippen molar-refractivity contribution in [1.29, 1.82) is 0 Å². The maximum absolute atomic E-state index is 12.2. The molecule has 2 aromatic rings. The fourth-order valence-corrected chi connectivity index (χ4v) is 2.48. The Morgan fingerprint density at radius 2 is 1.62 bits per heavy atom. The van der Waals surface area contributed by atoms with Crippen molar-refractivity contribution in [3.63, 3.8) is 0 Å². The molecule has 0 heterocycles. The molecule has 5 heteroatoms. The van der Waals surface area contributed by atoms with Gasteiger partial charge in [-0.25, -0.2) is 4.79 Å². The third kappa shape index (κ3) is 4.65. The number of carbonyl (C=O) groups is 1. The van der Waals surface area contributed by atoms with Crippen LogP contribution in [-0.2, 0) is 0 Å². The van der Waals surface area contributed by atoms with Crippen LogP contribution in [0, 0.1) is 0 Å². The normalized spacial score (nSPS) is 10.1. The zero-order valence-corrected chi connectivity index (χ0v) is 14.5. The van der Waals surface area contributed by atoms with E-state index in [2.05, 4.69) is 29.4 Å². The molecule has 5 nitrogen and oxygen atoms in total. The topological polar surface area (TPSA) is 53.6 Å². The Morgan fingerprint density at radius 3 is 2.25 bits per heavy atom. The molecule has 2 aromatic carbocycles. The molecule has 0 fully saturated rings. The van der Waals surface area contributed by atoms with Crippen LogP contribution in [0.1, 0.15) is 20.8 Å². The van der Waals surface area contributed by atoms with E-state index in [-0.39, 0.29) is 6.03 Å². The van der Waals surface area contributed by atoms with Crippen molar-refractivity contribution < 1.29 is 9.53 Å². The van der Waals surface area contributed by atoms with E-state index in [1.165, 1.54) is 0 Å². The maximum atomic E-state index is 12.2. The van der Waals surface area contributed by atoms with Gasteiger partial charge >= 0.3 is 6.03 Å². The van der Waals surface area contributed by atoms with Crippen molar-refractivity contribution >= 4 is 23.1 Å². The van der Waals surface area contributed by atoms with E-state index in [0.717, 1.165) is 24.5 Å². The fraction of sp³-hybridized carbons (Fsp3) is 0.316. The Hall–Kier alpha value is -2.69. The van der Waals surface area contributed by atoms with Gasteiger partial charge in [0.15, 0.2) is 0 Å². The van der Waals surface area contributed by atoms with E-state index >= 15 is 0 Å². The number of ether oxygens (including phenoxy) is 1. The molecular formula is C19H25N3O2. The average molecular weight is 327 g/mol. The summed E-state index contributed by atoms with van der Waals surface area (Å²) in [5.74, 6) is 0.659. The number of hydrogen-bond donors (Lipinski definition) is 2. The fourth-order valence-electron chi connectivity index (χ4n) is 2.48. The van der Waals surface area contributed by atoms with Crippen LogP contribution >= 0.6 is 0 Å².